The fourth-order valence-electron chi connectivity index (χ4n) is 1.85. The van der Waals surface area contributed by atoms with Crippen LogP contribution in [0, 0.1) is 5.82 Å². The van der Waals surface area contributed by atoms with Gasteiger partial charge in [0, 0.05) is 14.9 Å². The van der Waals surface area contributed by atoms with Crippen LogP contribution in [0.5, 0.6) is 0 Å². The molecule has 0 saturated carbocycles. The Balaban J connectivity index is 2.37. The summed E-state index contributed by atoms with van der Waals surface area (Å²) in [6, 6.07) is 8.87. The van der Waals surface area contributed by atoms with Crippen LogP contribution in [0.15, 0.2) is 40.2 Å². The van der Waals surface area contributed by atoms with Crippen LogP contribution in [0.4, 0.5) is 4.39 Å². The monoisotopic (exact) mass is 327 g/mol. The van der Waals surface area contributed by atoms with E-state index >= 15 is 0 Å². The fraction of sp³-hybridized carbons (Fsp3) is 0.286. The van der Waals surface area contributed by atoms with Gasteiger partial charge in [-0.3, -0.25) is 0 Å². The van der Waals surface area contributed by atoms with Crippen LogP contribution in [0.25, 0.3) is 0 Å². The lowest BCUT2D eigenvalue weighted by Crippen LogP contribution is -2.23. The van der Waals surface area contributed by atoms with Crippen molar-refractivity contribution in [1.82, 2.24) is 5.32 Å². The van der Waals surface area contributed by atoms with Gasteiger partial charge in [-0.25, -0.2) is 4.39 Å². The molecule has 18 heavy (non-hydrogen) atoms. The van der Waals surface area contributed by atoms with Gasteiger partial charge in [0.1, 0.15) is 5.82 Å². The molecular formula is C14H15BrFNS. The van der Waals surface area contributed by atoms with E-state index in [9.17, 15) is 4.39 Å². The zero-order chi connectivity index (χ0) is 13.0. The SMILES string of the molecule is CCCNC(c1ccccc1F)c1sccc1Br. The molecule has 1 nitrogen and oxygen atoms in total. The third-order valence-corrected chi connectivity index (χ3v) is 4.66. The molecule has 1 aromatic carbocycles. The average Bonchev–Trinajstić information content (AvgIpc) is 2.78. The molecule has 0 amide bonds. The van der Waals surface area contributed by atoms with E-state index in [2.05, 4.69) is 28.2 Å². The maximum Gasteiger partial charge on any atom is 0.128 e. The summed E-state index contributed by atoms with van der Waals surface area (Å²) in [4.78, 5) is 1.12. The molecule has 0 aliphatic carbocycles. The molecular weight excluding hydrogens is 313 g/mol. The zero-order valence-electron chi connectivity index (χ0n) is 10.1. The van der Waals surface area contributed by atoms with Crippen molar-refractivity contribution in [3.8, 4) is 0 Å². The second kappa shape index (κ2) is 6.45. The van der Waals surface area contributed by atoms with Gasteiger partial charge < -0.3 is 5.32 Å². The van der Waals surface area contributed by atoms with E-state index in [0.717, 1.165) is 22.3 Å². The average molecular weight is 328 g/mol. The Morgan fingerprint density at radius 2 is 2.11 bits per heavy atom. The van der Waals surface area contributed by atoms with Crippen molar-refractivity contribution in [3.63, 3.8) is 0 Å². The van der Waals surface area contributed by atoms with E-state index in [1.165, 1.54) is 6.07 Å². The third-order valence-electron chi connectivity index (χ3n) is 2.72. The van der Waals surface area contributed by atoms with Gasteiger partial charge in [0.2, 0.25) is 0 Å². The number of thiophene rings is 1. The lowest BCUT2D eigenvalue weighted by Gasteiger charge is -2.19. The van der Waals surface area contributed by atoms with E-state index < -0.39 is 0 Å². The van der Waals surface area contributed by atoms with Crippen LogP contribution in [-0.2, 0) is 0 Å². The molecule has 1 atom stereocenters. The summed E-state index contributed by atoms with van der Waals surface area (Å²) in [5.41, 5.74) is 0.703. The van der Waals surface area contributed by atoms with E-state index in [-0.39, 0.29) is 11.9 Å². The molecule has 2 aromatic rings. The highest BCUT2D eigenvalue weighted by atomic mass is 79.9. The minimum Gasteiger partial charge on any atom is -0.305 e. The zero-order valence-corrected chi connectivity index (χ0v) is 12.5. The van der Waals surface area contributed by atoms with Crippen LogP contribution in [-0.4, -0.2) is 6.54 Å². The maximum atomic E-state index is 13.9. The van der Waals surface area contributed by atoms with E-state index in [1.807, 2.05) is 23.6 Å². The molecule has 0 aliphatic rings. The van der Waals surface area contributed by atoms with E-state index in [1.54, 1.807) is 17.4 Å². The number of hydrogen-bond donors (Lipinski definition) is 1. The van der Waals surface area contributed by atoms with Crippen molar-refractivity contribution >= 4 is 27.3 Å². The van der Waals surface area contributed by atoms with Crippen molar-refractivity contribution in [2.75, 3.05) is 6.54 Å². The smallest absolute Gasteiger partial charge is 0.128 e. The predicted octanol–water partition coefficient (Wildman–Crippen LogP) is 4.74. The number of nitrogens with one attached hydrogen (secondary N) is 1. The topological polar surface area (TPSA) is 12.0 Å². The first kappa shape index (κ1) is 13.7. The summed E-state index contributed by atoms with van der Waals surface area (Å²) in [7, 11) is 0. The quantitative estimate of drug-likeness (QED) is 0.836. The molecule has 1 N–H and O–H groups in total. The van der Waals surface area contributed by atoms with E-state index in [4.69, 9.17) is 0 Å². The first-order valence-electron chi connectivity index (χ1n) is 5.94. The summed E-state index contributed by atoms with van der Waals surface area (Å²) in [5, 5.41) is 5.42. The third kappa shape index (κ3) is 2.99. The maximum absolute atomic E-state index is 13.9. The summed E-state index contributed by atoms with van der Waals surface area (Å²) >= 11 is 5.16. The van der Waals surface area contributed by atoms with Gasteiger partial charge in [0.25, 0.3) is 0 Å². The highest BCUT2D eigenvalue weighted by Crippen LogP contribution is 2.34. The van der Waals surface area contributed by atoms with Crippen molar-refractivity contribution in [3.05, 3.63) is 56.4 Å². The highest BCUT2D eigenvalue weighted by molar-refractivity contribution is 9.10. The number of rotatable bonds is 5. The van der Waals surface area contributed by atoms with Crippen LogP contribution in [0.3, 0.4) is 0 Å². The minimum absolute atomic E-state index is 0.0828. The van der Waals surface area contributed by atoms with Gasteiger partial charge in [-0.15, -0.1) is 11.3 Å². The molecule has 1 heterocycles. The fourth-order valence-corrected chi connectivity index (χ4v) is 3.55. The number of hydrogen-bond acceptors (Lipinski definition) is 2. The molecule has 0 radical (unpaired) electrons. The van der Waals surface area contributed by atoms with Crippen molar-refractivity contribution in [2.24, 2.45) is 0 Å². The van der Waals surface area contributed by atoms with Gasteiger partial charge >= 0.3 is 0 Å². The first-order valence-corrected chi connectivity index (χ1v) is 7.62. The lowest BCUT2D eigenvalue weighted by molar-refractivity contribution is 0.550. The standard InChI is InChI=1S/C14H15BrFNS/c1-2-8-17-13(14-11(15)7-9-18-14)10-5-3-4-6-12(10)16/h3-7,9,13,17H,2,8H2,1H3. The van der Waals surface area contributed by atoms with Crippen LogP contribution >= 0.6 is 27.3 Å². The summed E-state index contributed by atoms with van der Waals surface area (Å²) in [5.74, 6) is -0.161. The first-order chi connectivity index (χ1) is 8.74. The number of halogens is 2. The molecule has 0 spiro atoms. The van der Waals surface area contributed by atoms with Crippen LogP contribution in [0.2, 0.25) is 0 Å². The Kier molecular flexibility index (Phi) is 4.92. The normalized spacial score (nSPS) is 12.6. The van der Waals surface area contributed by atoms with Crippen molar-refractivity contribution < 1.29 is 4.39 Å². The second-order valence-electron chi connectivity index (χ2n) is 4.04. The van der Waals surface area contributed by atoms with E-state index in [0.29, 0.717) is 5.56 Å². The Morgan fingerprint density at radius 3 is 2.72 bits per heavy atom. The van der Waals surface area contributed by atoms with Crippen molar-refractivity contribution in [2.45, 2.75) is 19.4 Å². The van der Waals surface area contributed by atoms with Gasteiger partial charge in [-0.05, 0) is 46.4 Å². The largest absolute Gasteiger partial charge is 0.305 e. The molecule has 0 aliphatic heterocycles. The summed E-state index contributed by atoms with van der Waals surface area (Å²) in [6.07, 6.45) is 1.02. The predicted molar refractivity (Wildman–Crippen MR) is 78.6 cm³/mol. The summed E-state index contributed by atoms with van der Waals surface area (Å²) < 4.78 is 15.0. The second-order valence-corrected chi connectivity index (χ2v) is 5.84. The minimum atomic E-state index is -0.161. The Labute approximate surface area is 119 Å². The molecule has 0 saturated heterocycles. The van der Waals surface area contributed by atoms with Gasteiger partial charge in [-0.1, -0.05) is 25.1 Å². The van der Waals surface area contributed by atoms with Gasteiger partial charge in [0.05, 0.1) is 6.04 Å². The molecule has 2 rings (SSSR count). The Hall–Kier alpha value is -0.710. The Morgan fingerprint density at radius 1 is 1.33 bits per heavy atom. The molecule has 0 bridgehead atoms. The number of benzene rings is 1. The van der Waals surface area contributed by atoms with Crippen LogP contribution < -0.4 is 5.32 Å². The molecule has 4 heteroatoms. The molecule has 1 unspecified atom stereocenters. The molecule has 1 aromatic heterocycles. The van der Waals surface area contributed by atoms with Gasteiger partial charge in [0.15, 0.2) is 0 Å². The highest BCUT2D eigenvalue weighted by Gasteiger charge is 2.20. The van der Waals surface area contributed by atoms with Crippen LogP contribution in [0.1, 0.15) is 29.8 Å². The van der Waals surface area contributed by atoms with Crippen molar-refractivity contribution in [1.29, 1.82) is 0 Å². The molecule has 96 valence electrons. The van der Waals surface area contributed by atoms with Gasteiger partial charge in [-0.2, -0.15) is 0 Å². The Bertz CT molecular complexity index is 512. The lowest BCUT2D eigenvalue weighted by atomic mass is 10.0. The molecule has 0 fully saturated rings. The summed E-state index contributed by atoms with van der Waals surface area (Å²) in [6.45, 7) is 2.97.